The van der Waals surface area contributed by atoms with Gasteiger partial charge in [-0.3, -0.25) is 0 Å². The maximum atomic E-state index is 9.84. The number of rotatable bonds is 2. The Hall–Kier alpha value is -2.01. The van der Waals surface area contributed by atoms with Gasteiger partial charge >= 0.3 is 0 Å². The van der Waals surface area contributed by atoms with Crippen molar-refractivity contribution in [2.45, 2.75) is 5.16 Å². The smallest absolute Gasteiger partial charge is 0.242 e. The van der Waals surface area contributed by atoms with Crippen LogP contribution in [-0.2, 0) is 0 Å². The first-order chi connectivity index (χ1) is 8.78. The number of fused-ring (bicyclic) bond motifs is 1. The van der Waals surface area contributed by atoms with Crippen molar-refractivity contribution in [2.24, 2.45) is 0 Å². The Kier molecular flexibility index (Phi) is 2.68. The molecule has 5 heteroatoms. The fraction of sp³-hybridized carbons (Fsp3) is 0.0769. The minimum Gasteiger partial charge on any atom is -0.492 e. The van der Waals surface area contributed by atoms with E-state index in [1.807, 2.05) is 42.7 Å². The highest BCUT2D eigenvalue weighted by molar-refractivity contribution is 7.98. The second-order valence-electron chi connectivity index (χ2n) is 3.84. The molecule has 90 valence electrons. The normalized spacial score (nSPS) is 10.9. The van der Waals surface area contributed by atoms with Crippen LogP contribution in [0.2, 0.25) is 0 Å². The zero-order valence-corrected chi connectivity index (χ0v) is 10.5. The SMILES string of the molecule is CSc1nc(O)c2nc(-c3ccccc3)cc-2[nH]1. The van der Waals surface area contributed by atoms with Gasteiger partial charge in [-0.2, -0.15) is 4.98 Å². The van der Waals surface area contributed by atoms with Crippen molar-refractivity contribution in [3.63, 3.8) is 0 Å². The molecular weight excluding hydrogens is 246 g/mol. The molecular formula is C13H11N3OS. The molecule has 0 atom stereocenters. The number of hydrogen-bond donors (Lipinski definition) is 2. The van der Waals surface area contributed by atoms with E-state index in [0.717, 1.165) is 17.0 Å². The van der Waals surface area contributed by atoms with Gasteiger partial charge in [-0.25, -0.2) is 4.98 Å². The first kappa shape index (κ1) is 11.1. The van der Waals surface area contributed by atoms with Gasteiger partial charge in [0.25, 0.3) is 0 Å². The van der Waals surface area contributed by atoms with Crippen LogP contribution >= 0.6 is 11.8 Å². The lowest BCUT2D eigenvalue weighted by molar-refractivity contribution is 0.446. The molecule has 0 saturated heterocycles. The van der Waals surface area contributed by atoms with Crippen LogP contribution in [0.1, 0.15) is 0 Å². The van der Waals surface area contributed by atoms with Crippen LogP contribution in [0.4, 0.5) is 0 Å². The topological polar surface area (TPSA) is 61.8 Å². The van der Waals surface area contributed by atoms with Crippen molar-refractivity contribution in [1.29, 1.82) is 0 Å². The number of hydrogen-bond acceptors (Lipinski definition) is 4. The predicted molar refractivity (Wildman–Crippen MR) is 71.9 cm³/mol. The Morgan fingerprint density at radius 2 is 1.94 bits per heavy atom. The molecule has 4 nitrogen and oxygen atoms in total. The summed E-state index contributed by atoms with van der Waals surface area (Å²) in [6.07, 6.45) is 1.90. The molecule has 0 bridgehead atoms. The first-order valence-corrected chi connectivity index (χ1v) is 6.69. The summed E-state index contributed by atoms with van der Waals surface area (Å²) in [6, 6.07) is 11.8. The lowest BCUT2D eigenvalue weighted by atomic mass is 10.1. The van der Waals surface area contributed by atoms with E-state index in [1.54, 1.807) is 0 Å². The molecule has 0 fully saturated rings. The van der Waals surface area contributed by atoms with E-state index in [-0.39, 0.29) is 5.88 Å². The maximum Gasteiger partial charge on any atom is 0.242 e. The largest absolute Gasteiger partial charge is 0.492 e. The zero-order valence-electron chi connectivity index (χ0n) is 9.71. The number of aromatic hydroxyl groups is 1. The quantitative estimate of drug-likeness (QED) is 0.547. The summed E-state index contributed by atoms with van der Waals surface area (Å²) in [4.78, 5) is 11.6. The van der Waals surface area contributed by atoms with Gasteiger partial charge < -0.3 is 10.1 Å². The molecule has 0 aliphatic carbocycles. The molecule has 0 radical (unpaired) electrons. The van der Waals surface area contributed by atoms with Gasteiger partial charge in [0.15, 0.2) is 5.16 Å². The third-order valence-corrected chi connectivity index (χ3v) is 3.27. The average molecular weight is 257 g/mol. The van der Waals surface area contributed by atoms with Crippen molar-refractivity contribution in [3.8, 4) is 28.5 Å². The molecule has 2 heterocycles. The van der Waals surface area contributed by atoms with Gasteiger partial charge in [0.05, 0.1) is 11.4 Å². The third kappa shape index (κ3) is 1.82. The van der Waals surface area contributed by atoms with Gasteiger partial charge in [-0.1, -0.05) is 42.1 Å². The fourth-order valence-electron chi connectivity index (χ4n) is 1.83. The van der Waals surface area contributed by atoms with Crippen LogP contribution < -0.4 is 0 Å². The van der Waals surface area contributed by atoms with Crippen molar-refractivity contribution < 1.29 is 5.11 Å². The van der Waals surface area contributed by atoms with Gasteiger partial charge in [-0.05, 0) is 12.3 Å². The van der Waals surface area contributed by atoms with Crippen LogP contribution in [0, 0.1) is 0 Å². The Balaban J connectivity index is 2.17. The van der Waals surface area contributed by atoms with Gasteiger partial charge in [0.1, 0.15) is 5.69 Å². The standard InChI is InChI=1S/C13H11N3OS/c1-18-13-15-10-7-9(8-5-3-2-4-6-8)14-11(10)12(17)16-13/h2-7,17H,1H3,(H,15,16). The van der Waals surface area contributed by atoms with Crippen molar-refractivity contribution in [3.05, 3.63) is 36.4 Å². The van der Waals surface area contributed by atoms with Crippen molar-refractivity contribution in [2.75, 3.05) is 6.26 Å². The van der Waals surface area contributed by atoms with E-state index in [2.05, 4.69) is 15.0 Å². The van der Waals surface area contributed by atoms with Crippen LogP contribution in [0.5, 0.6) is 5.88 Å². The molecule has 3 rings (SSSR count). The number of H-pyrrole nitrogens is 1. The highest BCUT2D eigenvalue weighted by Gasteiger charge is 2.17. The molecule has 1 aromatic rings. The zero-order chi connectivity index (χ0) is 12.5. The van der Waals surface area contributed by atoms with Crippen molar-refractivity contribution >= 4 is 11.8 Å². The Labute approximate surface area is 108 Å². The minimum absolute atomic E-state index is 0.0321. The summed E-state index contributed by atoms with van der Waals surface area (Å²) in [6.45, 7) is 0. The van der Waals surface area contributed by atoms with Crippen LogP contribution in [0.25, 0.3) is 22.6 Å². The number of thioether (sulfide) groups is 1. The summed E-state index contributed by atoms with van der Waals surface area (Å²) in [5.41, 5.74) is 3.15. The van der Waals surface area contributed by atoms with E-state index in [9.17, 15) is 5.11 Å². The Morgan fingerprint density at radius 3 is 2.67 bits per heavy atom. The van der Waals surface area contributed by atoms with Crippen LogP contribution in [-0.4, -0.2) is 26.3 Å². The molecule has 0 aromatic heterocycles. The number of aromatic amines is 1. The molecule has 0 spiro atoms. The lowest BCUT2D eigenvalue weighted by Crippen LogP contribution is -1.91. The molecule has 1 aromatic carbocycles. The molecule has 18 heavy (non-hydrogen) atoms. The van der Waals surface area contributed by atoms with Crippen LogP contribution in [0.3, 0.4) is 0 Å². The Morgan fingerprint density at radius 1 is 1.17 bits per heavy atom. The van der Waals surface area contributed by atoms with Gasteiger partial charge in [0, 0.05) is 5.56 Å². The minimum atomic E-state index is -0.0321. The summed E-state index contributed by atoms with van der Waals surface area (Å²) >= 11 is 1.45. The second-order valence-corrected chi connectivity index (χ2v) is 4.63. The van der Waals surface area contributed by atoms with E-state index in [1.165, 1.54) is 11.8 Å². The van der Waals surface area contributed by atoms with E-state index < -0.39 is 0 Å². The van der Waals surface area contributed by atoms with E-state index in [0.29, 0.717) is 10.9 Å². The van der Waals surface area contributed by atoms with E-state index in [4.69, 9.17) is 0 Å². The number of benzene rings is 1. The predicted octanol–water partition coefficient (Wildman–Crippen LogP) is 3.00. The molecule has 2 aliphatic heterocycles. The Bertz CT molecular complexity index is 651. The van der Waals surface area contributed by atoms with E-state index >= 15 is 0 Å². The maximum absolute atomic E-state index is 9.84. The summed E-state index contributed by atoms with van der Waals surface area (Å²) in [5, 5.41) is 10.5. The second kappa shape index (κ2) is 4.34. The molecule has 2 aliphatic rings. The summed E-state index contributed by atoms with van der Waals surface area (Å²) in [7, 11) is 0. The highest BCUT2D eigenvalue weighted by Crippen LogP contribution is 2.33. The molecule has 0 unspecified atom stereocenters. The molecule has 0 amide bonds. The number of nitrogens with one attached hydrogen (secondary N) is 1. The fourth-order valence-corrected chi connectivity index (χ4v) is 2.22. The average Bonchev–Trinajstić information content (AvgIpc) is 2.84. The lowest BCUT2D eigenvalue weighted by Gasteiger charge is -2.02. The van der Waals surface area contributed by atoms with Crippen molar-refractivity contribution in [1.82, 2.24) is 15.0 Å². The molecule has 0 saturated carbocycles. The first-order valence-electron chi connectivity index (χ1n) is 5.47. The third-order valence-electron chi connectivity index (χ3n) is 2.69. The number of nitrogens with zero attached hydrogens (tertiary/aromatic N) is 2. The van der Waals surface area contributed by atoms with Crippen LogP contribution in [0.15, 0.2) is 41.6 Å². The molecule has 2 N–H and O–H groups in total. The highest BCUT2D eigenvalue weighted by atomic mass is 32.2. The monoisotopic (exact) mass is 257 g/mol. The number of aromatic nitrogens is 3. The van der Waals surface area contributed by atoms with Gasteiger partial charge in [-0.15, -0.1) is 0 Å². The van der Waals surface area contributed by atoms with Gasteiger partial charge in [0.2, 0.25) is 5.88 Å². The summed E-state index contributed by atoms with van der Waals surface area (Å²) in [5.74, 6) is -0.0321. The summed E-state index contributed by atoms with van der Waals surface area (Å²) < 4.78 is 0.